The van der Waals surface area contributed by atoms with Crippen molar-refractivity contribution in [1.29, 1.82) is 0 Å². The molecule has 0 atom stereocenters. The average Bonchev–Trinajstić information content (AvgIpc) is 2.89. The van der Waals surface area contributed by atoms with E-state index in [0.717, 1.165) is 35.0 Å². The topological polar surface area (TPSA) is 42.9 Å². The monoisotopic (exact) mass is 364 g/mol. The van der Waals surface area contributed by atoms with Gasteiger partial charge in [-0.1, -0.05) is 30.3 Å². The van der Waals surface area contributed by atoms with Crippen molar-refractivity contribution < 1.29 is 0 Å². The first kappa shape index (κ1) is 16.8. The number of hydrogen-bond acceptors (Lipinski definition) is 3. The lowest BCUT2D eigenvalue weighted by atomic mass is 9.96. The van der Waals surface area contributed by atoms with Crippen LogP contribution in [0.3, 0.4) is 0 Å². The number of rotatable bonds is 2. The fourth-order valence-corrected chi connectivity index (χ4v) is 3.95. The van der Waals surface area contributed by atoms with E-state index in [2.05, 4.69) is 17.1 Å². The molecule has 3 heteroatoms. The van der Waals surface area contributed by atoms with Crippen molar-refractivity contribution in [3.05, 3.63) is 93.5 Å². The minimum atomic E-state index is 0.0188. The Morgan fingerprint density at radius 1 is 0.857 bits per heavy atom. The van der Waals surface area contributed by atoms with Crippen molar-refractivity contribution >= 4 is 33.8 Å². The summed E-state index contributed by atoms with van der Waals surface area (Å²) in [6, 6.07) is 17.8. The summed E-state index contributed by atoms with van der Waals surface area (Å²) in [7, 11) is 0. The zero-order chi connectivity index (χ0) is 18.9. The lowest BCUT2D eigenvalue weighted by Crippen LogP contribution is -2.05. The molecule has 2 aromatic heterocycles. The highest BCUT2D eigenvalue weighted by atomic mass is 16.1. The van der Waals surface area contributed by atoms with Gasteiger partial charge in [-0.2, -0.15) is 0 Å². The fourth-order valence-electron chi connectivity index (χ4n) is 3.95. The summed E-state index contributed by atoms with van der Waals surface area (Å²) < 4.78 is 0. The zero-order valence-electron chi connectivity index (χ0n) is 15.6. The normalized spacial score (nSPS) is 13.9. The van der Waals surface area contributed by atoms with E-state index in [1.54, 1.807) is 12.3 Å². The van der Waals surface area contributed by atoms with Crippen LogP contribution in [0.15, 0.2) is 65.6 Å². The Labute approximate surface area is 163 Å². The molecule has 28 heavy (non-hydrogen) atoms. The third kappa shape index (κ3) is 3.09. The molecule has 1 aliphatic carbocycles. The van der Waals surface area contributed by atoms with Crippen LogP contribution in [0.4, 0.5) is 0 Å². The standard InChI is InChI=1S/C25H20N2O/c28-25-21-5-3-15-26-24(21)14-11-18-9-7-17(16-22(18)25)8-12-20-13-10-19-4-1-2-6-23(19)27-20/h3,5,7-16H,1-2,4,6H2/b12-8+. The molecule has 0 bridgehead atoms. The van der Waals surface area contributed by atoms with E-state index in [4.69, 9.17) is 4.98 Å². The van der Waals surface area contributed by atoms with E-state index in [-0.39, 0.29) is 5.43 Å². The predicted molar refractivity (Wildman–Crippen MR) is 115 cm³/mol. The van der Waals surface area contributed by atoms with Gasteiger partial charge in [0, 0.05) is 22.7 Å². The molecule has 4 aromatic rings. The van der Waals surface area contributed by atoms with Crippen LogP contribution < -0.4 is 5.43 Å². The van der Waals surface area contributed by atoms with E-state index in [9.17, 15) is 4.79 Å². The van der Waals surface area contributed by atoms with E-state index in [0.29, 0.717) is 10.8 Å². The predicted octanol–water partition coefficient (Wildman–Crippen LogP) is 5.19. The van der Waals surface area contributed by atoms with Crippen LogP contribution in [0.25, 0.3) is 33.8 Å². The second-order valence-electron chi connectivity index (χ2n) is 7.33. The Balaban J connectivity index is 1.56. The molecule has 1 aliphatic rings. The summed E-state index contributed by atoms with van der Waals surface area (Å²) in [6.45, 7) is 0. The van der Waals surface area contributed by atoms with E-state index in [1.807, 2.05) is 48.6 Å². The van der Waals surface area contributed by atoms with Crippen molar-refractivity contribution in [2.75, 3.05) is 0 Å². The molecule has 2 heterocycles. The quantitative estimate of drug-likeness (QED) is 0.491. The van der Waals surface area contributed by atoms with Gasteiger partial charge < -0.3 is 0 Å². The summed E-state index contributed by atoms with van der Waals surface area (Å²) in [5, 5.41) is 2.28. The number of benzene rings is 1. The number of aryl methyl sites for hydroxylation is 2. The molecule has 0 aliphatic heterocycles. The van der Waals surface area contributed by atoms with Crippen molar-refractivity contribution in [2.45, 2.75) is 25.7 Å². The number of aromatic nitrogens is 2. The lowest BCUT2D eigenvalue weighted by molar-refractivity contribution is 0.667. The van der Waals surface area contributed by atoms with Gasteiger partial charge in [-0.15, -0.1) is 0 Å². The number of nitrogens with zero attached hydrogens (tertiary/aromatic N) is 2. The molecule has 136 valence electrons. The van der Waals surface area contributed by atoms with E-state index in [1.165, 1.54) is 24.1 Å². The van der Waals surface area contributed by atoms with Crippen LogP contribution in [-0.4, -0.2) is 9.97 Å². The minimum Gasteiger partial charge on any atom is -0.289 e. The SMILES string of the molecule is O=c1c2cc(/C=C/c3ccc4c(n3)CCCC4)ccc2ccc2ncccc12. The molecule has 3 nitrogen and oxygen atoms in total. The molecule has 0 saturated carbocycles. The van der Waals surface area contributed by atoms with Gasteiger partial charge in [-0.3, -0.25) is 14.8 Å². The molecule has 0 radical (unpaired) electrons. The second kappa shape index (κ2) is 7.01. The van der Waals surface area contributed by atoms with Gasteiger partial charge in [0.2, 0.25) is 0 Å². The lowest BCUT2D eigenvalue weighted by Gasteiger charge is -2.14. The van der Waals surface area contributed by atoms with Gasteiger partial charge in [-0.05, 0) is 78.6 Å². The van der Waals surface area contributed by atoms with E-state index >= 15 is 0 Å². The van der Waals surface area contributed by atoms with Crippen LogP contribution in [0, 0.1) is 0 Å². The van der Waals surface area contributed by atoms with Crippen molar-refractivity contribution in [3.8, 4) is 0 Å². The number of pyridine rings is 2. The molecule has 0 N–H and O–H groups in total. The number of hydrogen-bond donors (Lipinski definition) is 0. The Bertz CT molecular complexity index is 1290. The summed E-state index contributed by atoms with van der Waals surface area (Å²) in [5.41, 5.74) is 5.32. The van der Waals surface area contributed by atoms with Gasteiger partial charge in [0.1, 0.15) is 0 Å². The maximum atomic E-state index is 13.0. The molecule has 2 aromatic carbocycles. The van der Waals surface area contributed by atoms with E-state index < -0.39 is 0 Å². The van der Waals surface area contributed by atoms with Gasteiger partial charge in [-0.25, -0.2) is 0 Å². The van der Waals surface area contributed by atoms with Crippen molar-refractivity contribution in [3.63, 3.8) is 0 Å². The van der Waals surface area contributed by atoms with Crippen LogP contribution in [0.1, 0.15) is 35.4 Å². The van der Waals surface area contributed by atoms with Crippen LogP contribution in [0.2, 0.25) is 0 Å². The molecule has 0 fully saturated rings. The number of fused-ring (bicyclic) bond motifs is 3. The molecule has 5 rings (SSSR count). The molecule has 0 amide bonds. The first-order valence-electron chi connectivity index (χ1n) is 9.77. The molecular formula is C25H20N2O. The molecule has 0 saturated heterocycles. The smallest absolute Gasteiger partial charge is 0.195 e. The first-order valence-corrected chi connectivity index (χ1v) is 9.77. The Morgan fingerprint density at radius 2 is 1.75 bits per heavy atom. The highest BCUT2D eigenvalue weighted by Crippen LogP contribution is 2.21. The summed E-state index contributed by atoms with van der Waals surface area (Å²) in [5.74, 6) is 0. The summed E-state index contributed by atoms with van der Waals surface area (Å²) in [6.07, 6.45) is 10.5. The highest BCUT2D eigenvalue weighted by Gasteiger charge is 2.10. The minimum absolute atomic E-state index is 0.0188. The maximum Gasteiger partial charge on any atom is 0.195 e. The summed E-state index contributed by atoms with van der Waals surface area (Å²) >= 11 is 0. The first-order chi connectivity index (χ1) is 13.8. The summed E-state index contributed by atoms with van der Waals surface area (Å²) in [4.78, 5) is 22.1. The largest absolute Gasteiger partial charge is 0.289 e. The average molecular weight is 364 g/mol. The molecule has 0 spiro atoms. The highest BCUT2D eigenvalue weighted by molar-refractivity contribution is 5.93. The van der Waals surface area contributed by atoms with Crippen LogP contribution in [0.5, 0.6) is 0 Å². The van der Waals surface area contributed by atoms with Crippen molar-refractivity contribution in [1.82, 2.24) is 9.97 Å². The Morgan fingerprint density at radius 3 is 2.71 bits per heavy atom. The van der Waals surface area contributed by atoms with Crippen molar-refractivity contribution in [2.24, 2.45) is 0 Å². The van der Waals surface area contributed by atoms with Crippen LogP contribution in [-0.2, 0) is 12.8 Å². The Hall–Kier alpha value is -3.33. The van der Waals surface area contributed by atoms with Gasteiger partial charge in [0.15, 0.2) is 5.43 Å². The third-order valence-corrected chi connectivity index (χ3v) is 5.47. The second-order valence-corrected chi connectivity index (χ2v) is 7.33. The zero-order valence-corrected chi connectivity index (χ0v) is 15.6. The van der Waals surface area contributed by atoms with Gasteiger partial charge >= 0.3 is 0 Å². The maximum absolute atomic E-state index is 13.0. The Kier molecular flexibility index (Phi) is 4.21. The van der Waals surface area contributed by atoms with Gasteiger partial charge in [0.25, 0.3) is 0 Å². The van der Waals surface area contributed by atoms with Crippen LogP contribution >= 0.6 is 0 Å². The molecule has 0 unspecified atom stereocenters. The third-order valence-electron chi connectivity index (χ3n) is 5.47. The molecular weight excluding hydrogens is 344 g/mol. The fraction of sp³-hybridized carbons (Fsp3) is 0.160. The van der Waals surface area contributed by atoms with Gasteiger partial charge in [0.05, 0.1) is 11.2 Å².